The first-order valence-corrected chi connectivity index (χ1v) is 6.12. The second-order valence-corrected chi connectivity index (χ2v) is 4.65. The van der Waals surface area contributed by atoms with Crippen LogP contribution in [0.2, 0.25) is 0 Å². The monoisotopic (exact) mass is 284 g/mol. The topological polar surface area (TPSA) is 67.8 Å². The zero-order valence-electron chi connectivity index (χ0n) is 9.64. The average Bonchev–Trinajstić information content (AvgIpc) is 2.89. The number of rotatable bonds is 4. The molecule has 7 heteroatoms. The molecule has 2 aromatic rings. The van der Waals surface area contributed by atoms with Gasteiger partial charge >= 0.3 is 0 Å². The molecular weight excluding hydrogens is 274 g/mol. The molecule has 3 N–H and O–H groups in total. The Labute approximate surface area is 111 Å². The summed E-state index contributed by atoms with van der Waals surface area (Å²) >= 11 is 1.42. The minimum atomic E-state index is -0.904. The zero-order chi connectivity index (χ0) is 13.8. The number of thiophene rings is 1. The van der Waals surface area contributed by atoms with Crippen molar-refractivity contribution < 1.29 is 18.7 Å². The lowest BCUT2D eigenvalue weighted by Gasteiger charge is -2.08. The molecular formula is C12H10F2N2O2S. The second-order valence-electron chi connectivity index (χ2n) is 3.62. The third-order valence-electron chi connectivity index (χ3n) is 2.34. The summed E-state index contributed by atoms with van der Waals surface area (Å²) in [5.41, 5.74) is 5.21. The van der Waals surface area contributed by atoms with Gasteiger partial charge in [-0.3, -0.25) is 0 Å². The summed E-state index contributed by atoms with van der Waals surface area (Å²) in [4.78, 5) is 0.847. The van der Waals surface area contributed by atoms with E-state index in [1.165, 1.54) is 11.3 Å². The van der Waals surface area contributed by atoms with Gasteiger partial charge in [-0.1, -0.05) is 11.2 Å². The molecule has 100 valence electrons. The number of hydrogen-bond donors (Lipinski definition) is 2. The van der Waals surface area contributed by atoms with Crippen LogP contribution in [0.5, 0.6) is 5.75 Å². The smallest absolute Gasteiger partial charge is 0.191 e. The first kappa shape index (κ1) is 13.3. The van der Waals surface area contributed by atoms with Gasteiger partial charge in [0.25, 0.3) is 0 Å². The summed E-state index contributed by atoms with van der Waals surface area (Å²) in [5.74, 6) is -2.66. The van der Waals surface area contributed by atoms with E-state index in [1.807, 2.05) is 11.4 Å². The molecule has 0 fully saturated rings. The minimum Gasteiger partial charge on any atom is -0.482 e. The van der Waals surface area contributed by atoms with Gasteiger partial charge in [0.05, 0.1) is 0 Å². The van der Waals surface area contributed by atoms with Crippen molar-refractivity contribution in [1.29, 1.82) is 0 Å². The lowest BCUT2D eigenvalue weighted by atomic mass is 10.2. The van der Waals surface area contributed by atoms with Crippen LogP contribution in [0, 0.1) is 11.6 Å². The van der Waals surface area contributed by atoms with E-state index >= 15 is 0 Å². The Morgan fingerprint density at radius 2 is 2.05 bits per heavy atom. The Balaban J connectivity index is 2.22. The van der Waals surface area contributed by atoms with Crippen LogP contribution in [0.1, 0.15) is 10.4 Å². The molecule has 0 unspecified atom stereocenters. The Kier molecular flexibility index (Phi) is 3.96. The molecule has 1 aromatic heterocycles. The second kappa shape index (κ2) is 5.66. The summed E-state index contributed by atoms with van der Waals surface area (Å²) in [6, 6.07) is 5.51. The highest BCUT2D eigenvalue weighted by atomic mass is 32.1. The van der Waals surface area contributed by atoms with Crippen molar-refractivity contribution in [1.82, 2.24) is 0 Å². The highest BCUT2D eigenvalue weighted by Crippen LogP contribution is 2.25. The first-order valence-electron chi connectivity index (χ1n) is 5.24. The van der Waals surface area contributed by atoms with Gasteiger partial charge in [0.15, 0.2) is 23.2 Å². The number of hydrogen-bond acceptors (Lipinski definition) is 4. The van der Waals surface area contributed by atoms with Crippen LogP contribution >= 0.6 is 11.3 Å². The summed E-state index contributed by atoms with van der Waals surface area (Å²) in [6.45, 7) is 0.0778. The molecule has 4 nitrogen and oxygen atoms in total. The average molecular weight is 284 g/mol. The van der Waals surface area contributed by atoms with Gasteiger partial charge in [-0.05, 0) is 23.6 Å². The molecule has 0 aliphatic carbocycles. The molecule has 0 aliphatic heterocycles. The van der Waals surface area contributed by atoms with Gasteiger partial charge in [-0.15, -0.1) is 11.3 Å². The van der Waals surface area contributed by atoms with Crippen molar-refractivity contribution in [2.24, 2.45) is 10.9 Å². The molecule has 0 radical (unpaired) electrons. The van der Waals surface area contributed by atoms with Crippen LogP contribution in [-0.2, 0) is 6.61 Å². The van der Waals surface area contributed by atoms with Crippen molar-refractivity contribution in [2.45, 2.75) is 6.61 Å². The van der Waals surface area contributed by atoms with E-state index < -0.39 is 17.4 Å². The van der Waals surface area contributed by atoms with Crippen LogP contribution in [0.4, 0.5) is 8.78 Å². The fourth-order valence-electron chi connectivity index (χ4n) is 1.44. The van der Waals surface area contributed by atoms with E-state index in [2.05, 4.69) is 5.16 Å². The van der Waals surface area contributed by atoms with Crippen molar-refractivity contribution in [3.8, 4) is 5.75 Å². The summed E-state index contributed by atoms with van der Waals surface area (Å²) in [5, 5.41) is 13.0. The van der Waals surface area contributed by atoms with E-state index in [0.29, 0.717) is 0 Å². The van der Waals surface area contributed by atoms with Crippen LogP contribution in [-0.4, -0.2) is 11.0 Å². The molecule has 0 aliphatic rings. The van der Waals surface area contributed by atoms with E-state index in [4.69, 9.17) is 15.7 Å². The fourth-order valence-corrected chi connectivity index (χ4v) is 2.06. The number of nitrogens with two attached hydrogens (primary N) is 1. The largest absolute Gasteiger partial charge is 0.482 e. The highest BCUT2D eigenvalue weighted by molar-refractivity contribution is 7.09. The summed E-state index contributed by atoms with van der Waals surface area (Å²) < 4.78 is 32.5. The maximum Gasteiger partial charge on any atom is 0.191 e. The predicted molar refractivity (Wildman–Crippen MR) is 67.5 cm³/mol. The van der Waals surface area contributed by atoms with E-state index in [-0.39, 0.29) is 18.0 Å². The van der Waals surface area contributed by atoms with Gasteiger partial charge < -0.3 is 15.7 Å². The third kappa shape index (κ3) is 3.00. The maximum absolute atomic E-state index is 13.7. The van der Waals surface area contributed by atoms with E-state index in [9.17, 15) is 8.78 Å². The number of halogens is 2. The fraction of sp³-hybridized carbons (Fsp3) is 0.0833. The standard InChI is InChI=1S/C12H10F2N2O2S/c13-9-4-7(12(15)16-17)5-10(14)11(9)18-6-8-2-1-3-19-8/h1-5,17H,6H2,(H2,15,16). The normalized spacial score (nSPS) is 11.6. The molecule has 0 spiro atoms. The maximum atomic E-state index is 13.7. The van der Waals surface area contributed by atoms with Gasteiger partial charge in [-0.2, -0.15) is 0 Å². The van der Waals surface area contributed by atoms with Gasteiger partial charge in [0.2, 0.25) is 0 Å². The number of oxime groups is 1. The van der Waals surface area contributed by atoms with Gasteiger partial charge in [-0.25, -0.2) is 8.78 Å². The van der Waals surface area contributed by atoms with E-state index in [0.717, 1.165) is 17.0 Å². The zero-order valence-corrected chi connectivity index (χ0v) is 10.5. The van der Waals surface area contributed by atoms with Gasteiger partial charge in [0.1, 0.15) is 6.61 Å². The molecule has 19 heavy (non-hydrogen) atoms. The lowest BCUT2D eigenvalue weighted by molar-refractivity contribution is 0.277. The molecule has 0 saturated carbocycles. The molecule has 0 atom stereocenters. The molecule has 1 aromatic carbocycles. The molecule has 2 rings (SSSR count). The number of benzene rings is 1. The first-order chi connectivity index (χ1) is 9.11. The number of amidine groups is 1. The summed E-state index contributed by atoms with van der Waals surface area (Å²) in [7, 11) is 0. The Morgan fingerprint density at radius 3 is 2.58 bits per heavy atom. The van der Waals surface area contributed by atoms with Crippen LogP contribution in [0.3, 0.4) is 0 Å². The SMILES string of the molecule is N/C(=N/O)c1cc(F)c(OCc2cccs2)c(F)c1. The lowest BCUT2D eigenvalue weighted by Crippen LogP contribution is -2.14. The Morgan fingerprint density at radius 1 is 1.37 bits per heavy atom. The van der Waals surface area contributed by atoms with Crippen molar-refractivity contribution in [3.05, 3.63) is 51.7 Å². The van der Waals surface area contributed by atoms with Crippen molar-refractivity contribution in [2.75, 3.05) is 0 Å². The molecule has 0 amide bonds. The Hall–Kier alpha value is -2.15. The predicted octanol–water partition coefficient (Wildman–Crippen LogP) is 2.70. The summed E-state index contributed by atoms with van der Waals surface area (Å²) in [6.07, 6.45) is 0. The minimum absolute atomic E-state index is 0.0547. The third-order valence-corrected chi connectivity index (χ3v) is 3.19. The van der Waals surface area contributed by atoms with Crippen molar-refractivity contribution >= 4 is 17.2 Å². The van der Waals surface area contributed by atoms with Gasteiger partial charge in [0, 0.05) is 10.4 Å². The molecule has 1 heterocycles. The molecule has 0 saturated heterocycles. The van der Waals surface area contributed by atoms with E-state index in [1.54, 1.807) is 6.07 Å². The van der Waals surface area contributed by atoms with Crippen LogP contribution < -0.4 is 10.5 Å². The number of nitrogens with zero attached hydrogens (tertiary/aromatic N) is 1. The van der Waals surface area contributed by atoms with Crippen molar-refractivity contribution in [3.63, 3.8) is 0 Å². The molecule has 0 bridgehead atoms. The number of ether oxygens (including phenoxy) is 1. The van der Waals surface area contributed by atoms with Crippen LogP contribution in [0.15, 0.2) is 34.8 Å². The Bertz CT molecular complexity index is 577. The van der Waals surface area contributed by atoms with Crippen LogP contribution in [0.25, 0.3) is 0 Å². The quantitative estimate of drug-likeness (QED) is 0.392. The highest BCUT2D eigenvalue weighted by Gasteiger charge is 2.14.